The second-order valence-corrected chi connectivity index (χ2v) is 7.58. The molecule has 0 saturated carbocycles. The molecule has 3 unspecified atom stereocenters. The van der Waals surface area contributed by atoms with Crippen molar-refractivity contribution in [2.24, 2.45) is 11.8 Å². The van der Waals surface area contributed by atoms with Gasteiger partial charge in [0.15, 0.2) is 9.84 Å². The topological polar surface area (TPSA) is 55.4 Å². The van der Waals surface area contributed by atoms with Crippen molar-refractivity contribution in [1.82, 2.24) is 5.32 Å². The maximum Gasteiger partial charge on any atom is 0.150 e. The highest BCUT2D eigenvalue weighted by atomic mass is 32.2. The van der Waals surface area contributed by atoms with Crippen LogP contribution in [0.25, 0.3) is 0 Å². The summed E-state index contributed by atoms with van der Waals surface area (Å²) in [6, 6.07) is 0. The lowest BCUT2D eigenvalue weighted by atomic mass is 9.86. The molecule has 2 rings (SSSR count). The Hall–Kier alpha value is -0.130. The fourth-order valence-electron chi connectivity index (χ4n) is 3.07. The Morgan fingerprint density at radius 1 is 1.41 bits per heavy atom. The Bertz CT molecular complexity index is 336. The van der Waals surface area contributed by atoms with Crippen LogP contribution in [0.3, 0.4) is 0 Å². The molecule has 2 aliphatic heterocycles. The average Bonchev–Trinajstić information content (AvgIpc) is 2.87. The number of hydrogen-bond donors (Lipinski definition) is 1. The van der Waals surface area contributed by atoms with Gasteiger partial charge in [0, 0.05) is 6.61 Å². The van der Waals surface area contributed by atoms with Crippen LogP contribution in [-0.2, 0) is 14.6 Å². The Labute approximate surface area is 104 Å². The Morgan fingerprint density at radius 3 is 2.76 bits per heavy atom. The second kappa shape index (κ2) is 5.67. The van der Waals surface area contributed by atoms with Gasteiger partial charge in [-0.2, -0.15) is 0 Å². The number of ether oxygens (including phenoxy) is 1. The summed E-state index contributed by atoms with van der Waals surface area (Å²) in [4.78, 5) is 0. The molecular formula is C12H23NO3S. The second-order valence-electron chi connectivity index (χ2n) is 5.35. The molecule has 100 valence electrons. The Balaban J connectivity index is 1.92. The molecule has 2 fully saturated rings. The first-order chi connectivity index (χ1) is 8.11. The minimum absolute atomic E-state index is 0.330. The molecule has 0 radical (unpaired) electrons. The van der Waals surface area contributed by atoms with Gasteiger partial charge in [0.1, 0.15) is 0 Å². The molecule has 4 nitrogen and oxygen atoms in total. The third-order valence-electron chi connectivity index (χ3n) is 3.99. The fraction of sp³-hybridized carbons (Fsp3) is 1.00. The highest BCUT2D eigenvalue weighted by molar-refractivity contribution is 7.91. The van der Waals surface area contributed by atoms with E-state index in [1.165, 1.54) is 0 Å². The summed E-state index contributed by atoms with van der Waals surface area (Å²) in [5.74, 6) is 1.53. The minimum atomic E-state index is -2.76. The molecule has 0 aromatic heterocycles. The van der Waals surface area contributed by atoms with Crippen molar-refractivity contribution in [1.29, 1.82) is 0 Å². The van der Waals surface area contributed by atoms with Gasteiger partial charge in [-0.15, -0.1) is 0 Å². The van der Waals surface area contributed by atoms with E-state index in [1.54, 1.807) is 0 Å². The third-order valence-corrected chi connectivity index (χ3v) is 5.78. The van der Waals surface area contributed by atoms with Gasteiger partial charge in [-0.25, -0.2) is 8.42 Å². The van der Waals surface area contributed by atoms with Crippen molar-refractivity contribution >= 4 is 9.84 Å². The van der Waals surface area contributed by atoms with Crippen LogP contribution in [0.1, 0.15) is 25.7 Å². The van der Waals surface area contributed by atoms with E-state index >= 15 is 0 Å². The zero-order valence-electron chi connectivity index (χ0n) is 10.5. The lowest BCUT2D eigenvalue weighted by molar-refractivity contribution is 0.0811. The number of hydrogen-bond acceptors (Lipinski definition) is 4. The van der Waals surface area contributed by atoms with Crippen LogP contribution in [0.4, 0.5) is 0 Å². The van der Waals surface area contributed by atoms with E-state index in [-0.39, 0.29) is 0 Å². The van der Waals surface area contributed by atoms with E-state index in [0.29, 0.717) is 29.4 Å². The van der Waals surface area contributed by atoms with Crippen LogP contribution in [0, 0.1) is 11.8 Å². The predicted molar refractivity (Wildman–Crippen MR) is 67.8 cm³/mol. The average molecular weight is 261 g/mol. The van der Waals surface area contributed by atoms with Gasteiger partial charge in [0.05, 0.1) is 17.6 Å². The highest BCUT2D eigenvalue weighted by Crippen LogP contribution is 2.31. The summed E-state index contributed by atoms with van der Waals surface area (Å²) < 4.78 is 28.7. The normalized spacial score (nSPS) is 33.9. The predicted octanol–water partition coefficient (Wildman–Crippen LogP) is 0.826. The lowest BCUT2D eigenvalue weighted by Gasteiger charge is -2.25. The van der Waals surface area contributed by atoms with E-state index in [1.807, 2.05) is 7.05 Å². The van der Waals surface area contributed by atoms with E-state index in [2.05, 4.69) is 5.32 Å². The largest absolute Gasteiger partial charge is 0.378 e. The smallest absolute Gasteiger partial charge is 0.150 e. The van der Waals surface area contributed by atoms with Gasteiger partial charge in [0.25, 0.3) is 0 Å². The molecule has 17 heavy (non-hydrogen) atoms. The molecule has 0 bridgehead atoms. The SMILES string of the molecule is CNCC(CC1CCCO1)C1CCS(=O)(=O)C1. The summed E-state index contributed by atoms with van der Waals surface area (Å²) >= 11 is 0. The number of nitrogens with one attached hydrogen (secondary N) is 1. The first kappa shape index (κ1) is 13.3. The minimum Gasteiger partial charge on any atom is -0.378 e. The summed E-state index contributed by atoms with van der Waals surface area (Å²) in [5, 5.41) is 3.20. The van der Waals surface area contributed by atoms with E-state index in [4.69, 9.17) is 4.74 Å². The molecule has 5 heteroatoms. The number of rotatable bonds is 5. The van der Waals surface area contributed by atoms with Crippen LogP contribution in [0.2, 0.25) is 0 Å². The molecule has 1 N–H and O–H groups in total. The van der Waals surface area contributed by atoms with E-state index < -0.39 is 9.84 Å². The maximum absolute atomic E-state index is 11.5. The van der Waals surface area contributed by atoms with Gasteiger partial charge in [0.2, 0.25) is 0 Å². The van der Waals surface area contributed by atoms with Crippen LogP contribution in [0.5, 0.6) is 0 Å². The zero-order chi connectivity index (χ0) is 12.3. The van der Waals surface area contributed by atoms with Crippen molar-refractivity contribution in [2.45, 2.75) is 31.8 Å². The van der Waals surface area contributed by atoms with Crippen molar-refractivity contribution in [3.05, 3.63) is 0 Å². The van der Waals surface area contributed by atoms with Gasteiger partial charge >= 0.3 is 0 Å². The molecule has 2 aliphatic rings. The first-order valence-electron chi connectivity index (χ1n) is 6.57. The summed E-state index contributed by atoms with van der Waals surface area (Å²) in [6.07, 6.45) is 4.50. The Kier molecular flexibility index (Phi) is 4.44. The molecule has 2 saturated heterocycles. The van der Waals surface area contributed by atoms with Crippen molar-refractivity contribution in [3.63, 3.8) is 0 Å². The summed E-state index contributed by atoms with van der Waals surface area (Å²) in [6.45, 7) is 1.78. The standard InChI is InChI=1S/C12H23NO3S/c1-13-8-11(7-12-3-2-5-16-12)10-4-6-17(14,15)9-10/h10-13H,2-9H2,1H3. The fourth-order valence-corrected chi connectivity index (χ4v) is 4.99. The van der Waals surface area contributed by atoms with Gasteiger partial charge in [-0.1, -0.05) is 0 Å². The number of sulfone groups is 1. The molecule has 0 aliphatic carbocycles. The zero-order valence-corrected chi connectivity index (χ0v) is 11.3. The van der Waals surface area contributed by atoms with Gasteiger partial charge in [-0.3, -0.25) is 0 Å². The first-order valence-corrected chi connectivity index (χ1v) is 8.39. The molecular weight excluding hydrogens is 238 g/mol. The van der Waals surface area contributed by atoms with Crippen molar-refractivity contribution < 1.29 is 13.2 Å². The molecule has 3 atom stereocenters. The molecule has 0 aromatic rings. The lowest BCUT2D eigenvalue weighted by Crippen LogP contribution is -2.30. The quantitative estimate of drug-likeness (QED) is 0.796. The molecule has 0 aromatic carbocycles. The highest BCUT2D eigenvalue weighted by Gasteiger charge is 2.35. The van der Waals surface area contributed by atoms with Crippen LogP contribution < -0.4 is 5.32 Å². The van der Waals surface area contributed by atoms with Crippen molar-refractivity contribution in [3.8, 4) is 0 Å². The molecule has 0 spiro atoms. The van der Waals surface area contributed by atoms with Gasteiger partial charge < -0.3 is 10.1 Å². The molecule has 2 heterocycles. The van der Waals surface area contributed by atoms with Gasteiger partial charge in [-0.05, 0) is 51.1 Å². The third kappa shape index (κ3) is 3.66. The van der Waals surface area contributed by atoms with Crippen LogP contribution in [0.15, 0.2) is 0 Å². The molecule has 0 amide bonds. The maximum atomic E-state index is 11.5. The summed E-state index contributed by atoms with van der Waals surface area (Å²) in [5.41, 5.74) is 0. The Morgan fingerprint density at radius 2 is 2.24 bits per heavy atom. The summed E-state index contributed by atoms with van der Waals surface area (Å²) in [7, 11) is -0.825. The van der Waals surface area contributed by atoms with Crippen LogP contribution >= 0.6 is 0 Å². The van der Waals surface area contributed by atoms with Crippen molar-refractivity contribution in [2.75, 3.05) is 31.7 Å². The van der Waals surface area contributed by atoms with Crippen LogP contribution in [-0.4, -0.2) is 46.2 Å². The monoisotopic (exact) mass is 261 g/mol. The van der Waals surface area contributed by atoms with E-state index in [0.717, 1.165) is 38.8 Å². The van der Waals surface area contributed by atoms with E-state index in [9.17, 15) is 8.42 Å².